The number of nitrogens with zero attached hydrogens (tertiary/aromatic N) is 1. The summed E-state index contributed by atoms with van der Waals surface area (Å²) in [5.74, 6) is 1.07. The molecule has 0 aliphatic carbocycles. The third-order valence-electron chi connectivity index (χ3n) is 6.49. The van der Waals surface area contributed by atoms with Crippen molar-refractivity contribution in [3.05, 3.63) is 70.3 Å². The lowest BCUT2D eigenvalue weighted by atomic mass is 9.81. The van der Waals surface area contributed by atoms with Crippen LogP contribution in [0.1, 0.15) is 109 Å². The Balaban J connectivity index is 2.32. The third-order valence-corrected chi connectivity index (χ3v) is 6.49. The van der Waals surface area contributed by atoms with Crippen LogP contribution < -0.4 is 0 Å². The number of benzene rings is 3. The topological polar surface area (TPSA) is 32.6 Å². The first kappa shape index (κ1) is 25.0. The highest BCUT2D eigenvalue weighted by atomic mass is 16.3. The quantitative estimate of drug-likeness (QED) is 0.401. The molecular weight excluding hydrogens is 402 g/mol. The molecule has 0 fully saturated rings. The van der Waals surface area contributed by atoms with Crippen LogP contribution in [0.15, 0.2) is 47.5 Å². The number of aromatic hydroxyl groups is 1. The van der Waals surface area contributed by atoms with E-state index in [0.29, 0.717) is 17.6 Å². The molecule has 0 aliphatic heterocycles. The van der Waals surface area contributed by atoms with Gasteiger partial charge in [0.15, 0.2) is 0 Å². The third kappa shape index (κ3) is 5.16. The number of phenols is 1. The van der Waals surface area contributed by atoms with Crippen LogP contribution in [-0.2, 0) is 10.8 Å². The van der Waals surface area contributed by atoms with E-state index >= 15 is 0 Å². The van der Waals surface area contributed by atoms with Crippen molar-refractivity contribution in [3.8, 4) is 5.75 Å². The van der Waals surface area contributed by atoms with Gasteiger partial charge in [-0.25, -0.2) is 0 Å². The van der Waals surface area contributed by atoms with E-state index in [4.69, 9.17) is 4.99 Å². The summed E-state index contributed by atoms with van der Waals surface area (Å²) < 4.78 is 0. The predicted molar refractivity (Wildman–Crippen MR) is 145 cm³/mol. The molecule has 0 aromatic heterocycles. The number of para-hydroxylation sites is 1. The van der Waals surface area contributed by atoms with Crippen LogP contribution >= 0.6 is 0 Å². The fourth-order valence-corrected chi connectivity index (χ4v) is 4.38. The molecule has 0 atom stereocenters. The number of aliphatic imine (C=N–C) groups is 1. The summed E-state index contributed by atoms with van der Waals surface area (Å²) in [6.07, 6.45) is 1.89. The lowest BCUT2D eigenvalue weighted by molar-refractivity contribution is 0.447. The van der Waals surface area contributed by atoms with Crippen molar-refractivity contribution in [3.63, 3.8) is 0 Å². The fourth-order valence-electron chi connectivity index (χ4n) is 4.38. The van der Waals surface area contributed by atoms with Gasteiger partial charge >= 0.3 is 0 Å². The Morgan fingerprint density at radius 3 is 1.85 bits per heavy atom. The first-order chi connectivity index (χ1) is 15.2. The van der Waals surface area contributed by atoms with E-state index in [2.05, 4.69) is 112 Å². The van der Waals surface area contributed by atoms with Crippen LogP contribution in [0.2, 0.25) is 0 Å². The summed E-state index contributed by atoms with van der Waals surface area (Å²) in [5, 5.41) is 13.6. The minimum Gasteiger partial charge on any atom is -0.507 e. The van der Waals surface area contributed by atoms with Gasteiger partial charge in [0.25, 0.3) is 0 Å². The Bertz CT molecular complexity index is 1160. The minimum absolute atomic E-state index is 0.0601. The number of hydrogen-bond acceptors (Lipinski definition) is 2. The second-order valence-electron chi connectivity index (χ2n) is 12.0. The van der Waals surface area contributed by atoms with E-state index in [1.807, 2.05) is 6.21 Å². The highest BCUT2D eigenvalue weighted by Crippen LogP contribution is 2.40. The van der Waals surface area contributed by atoms with Gasteiger partial charge in [-0.15, -0.1) is 0 Å². The Morgan fingerprint density at radius 2 is 1.36 bits per heavy atom. The van der Waals surface area contributed by atoms with Crippen molar-refractivity contribution < 1.29 is 5.11 Å². The highest BCUT2D eigenvalue weighted by Gasteiger charge is 2.23. The summed E-state index contributed by atoms with van der Waals surface area (Å²) in [4.78, 5) is 5.04. The van der Waals surface area contributed by atoms with Crippen LogP contribution in [-0.4, -0.2) is 11.3 Å². The van der Waals surface area contributed by atoms with E-state index in [1.165, 1.54) is 16.7 Å². The van der Waals surface area contributed by atoms with Gasteiger partial charge in [0.2, 0.25) is 0 Å². The largest absolute Gasteiger partial charge is 0.507 e. The summed E-state index contributed by atoms with van der Waals surface area (Å²) in [6.45, 7) is 22.0. The standard InChI is InChI=1S/C31H41NO/c1-19(2)23-12-11-13-24(20(3)4)28(23)32-18-26-25-15-14-22(30(5,6)7)16-21(25)17-27(29(26)33)31(8,9)10/h11-20,33H,1-10H3. The molecule has 3 rings (SSSR count). The summed E-state index contributed by atoms with van der Waals surface area (Å²) >= 11 is 0. The van der Waals surface area contributed by atoms with E-state index < -0.39 is 0 Å². The molecule has 0 bridgehead atoms. The van der Waals surface area contributed by atoms with Gasteiger partial charge in [0.1, 0.15) is 5.75 Å². The molecule has 3 aromatic rings. The van der Waals surface area contributed by atoms with Gasteiger partial charge < -0.3 is 5.11 Å². The van der Waals surface area contributed by atoms with Crippen molar-refractivity contribution in [1.29, 1.82) is 0 Å². The number of rotatable bonds is 4. The van der Waals surface area contributed by atoms with Gasteiger partial charge in [-0.1, -0.05) is 106 Å². The van der Waals surface area contributed by atoms with Gasteiger partial charge in [-0.2, -0.15) is 0 Å². The predicted octanol–water partition coefficient (Wildman–Crippen LogP) is 9.14. The van der Waals surface area contributed by atoms with Gasteiger partial charge in [-0.05, 0) is 56.2 Å². The SMILES string of the molecule is CC(C)c1cccc(C(C)C)c1N=Cc1c(O)c(C(C)(C)C)cc2cc(C(C)(C)C)ccc12. The van der Waals surface area contributed by atoms with E-state index in [0.717, 1.165) is 27.6 Å². The normalized spacial score (nSPS) is 13.1. The number of phenolic OH excluding ortho intramolecular Hbond substituents is 1. The molecule has 0 aliphatic rings. The summed E-state index contributed by atoms with van der Waals surface area (Å²) in [6, 6.07) is 15.2. The Kier molecular flexibility index (Phi) is 6.80. The van der Waals surface area contributed by atoms with Gasteiger partial charge in [0, 0.05) is 17.3 Å². The smallest absolute Gasteiger partial charge is 0.128 e. The molecule has 176 valence electrons. The molecule has 3 aromatic carbocycles. The average molecular weight is 444 g/mol. The van der Waals surface area contributed by atoms with Crippen molar-refractivity contribution >= 4 is 22.7 Å². The molecule has 0 saturated heterocycles. The lowest BCUT2D eigenvalue weighted by Crippen LogP contribution is -2.13. The second-order valence-corrected chi connectivity index (χ2v) is 12.0. The maximum atomic E-state index is 11.4. The molecule has 33 heavy (non-hydrogen) atoms. The summed E-state index contributed by atoms with van der Waals surface area (Å²) in [5.41, 5.74) is 6.42. The maximum Gasteiger partial charge on any atom is 0.128 e. The molecule has 0 radical (unpaired) electrons. The lowest BCUT2D eigenvalue weighted by Gasteiger charge is -2.24. The molecule has 0 saturated carbocycles. The first-order valence-corrected chi connectivity index (χ1v) is 12.2. The molecule has 0 heterocycles. The van der Waals surface area contributed by atoms with Crippen molar-refractivity contribution in [2.45, 2.75) is 91.9 Å². The number of fused-ring (bicyclic) bond motifs is 1. The summed E-state index contributed by atoms with van der Waals surface area (Å²) in [7, 11) is 0. The average Bonchev–Trinajstić information content (AvgIpc) is 2.70. The molecule has 1 N–H and O–H groups in total. The Morgan fingerprint density at radius 1 is 0.788 bits per heavy atom. The zero-order valence-electron chi connectivity index (χ0n) is 22.2. The van der Waals surface area contributed by atoms with E-state index in [1.54, 1.807) is 0 Å². The van der Waals surface area contributed by atoms with Crippen molar-refractivity contribution in [2.75, 3.05) is 0 Å². The van der Waals surface area contributed by atoms with E-state index in [9.17, 15) is 5.11 Å². The van der Waals surface area contributed by atoms with Crippen LogP contribution in [0.4, 0.5) is 5.69 Å². The molecule has 2 nitrogen and oxygen atoms in total. The molecule has 0 unspecified atom stereocenters. The molecule has 2 heteroatoms. The molecule has 0 spiro atoms. The highest BCUT2D eigenvalue weighted by molar-refractivity contribution is 6.04. The van der Waals surface area contributed by atoms with Crippen LogP contribution in [0.3, 0.4) is 0 Å². The fraction of sp³-hybridized carbons (Fsp3) is 0.452. The first-order valence-electron chi connectivity index (χ1n) is 12.2. The zero-order valence-corrected chi connectivity index (χ0v) is 22.2. The zero-order chi connectivity index (χ0) is 24.7. The maximum absolute atomic E-state index is 11.4. The second kappa shape index (κ2) is 8.97. The van der Waals surface area contributed by atoms with Crippen molar-refractivity contribution in [2.24, 2.45) is 4.99 Å². The van der Waals surface area contributed by atoms with Crippen molar-refractivity contribution in [1.82, 2.24) is 0 Å². The van der Waals surface area contributed by atoms with Gasteiger partial charge in [-0.3, -0.25) is 4.99 Å². The van der Waals surface area contributed by atoms with Gasteiger partial charge in [0.05, 0.1) is 5.69 Å². The van der Waals surface area contributed by atoms with Crippen LogP contribution in [0, 0.1) is 0 Å². The Hall–Kier alpha value is -2.61. The monoisotopic (exact) mass is 443 g/mol. The number of hydrogen-bond donors (Lipinski definition) is 1. The molecule has 0 amide bonds. The molecular formula is C31H41NO. The Labute approximate surface area is 200 Å². The minimum atomic E-state index is -0.183. The van der Waals surface area contributed by atoms with E-state index in [-0.39, 0.29) is 10.8 Å². The van der Waals surface area contributed by atoms with Crippen LogP contribution in [0.5, 0.6) is 5.75 Å². The van der Waals surface area contributed by atoms with Crippen LogP contribution in [0.25, 0.3) is 10.8 Å².